The second kappa shape index (κ2) is 8.97. The first-order valence-corrected chi connectivity index (χ1v) is 10.2. The molecule has 1 heterocycles. The van der Waals surface area contributed by atoms with Crippen LogP contribution in [0.15, 0.2) is 72.8 Å². The van der Waals surface area contributed by atoms with Gasteiger partial charge in [0.15, 0.2) is 11.7 Å². The van der Waals surface area contributed by atoms with E-state index in [2.05, 4.69) is 10.6 Å². The summed E-state index contributed by atoms with van der Waals surface area (Å²) in [5.41, 5.74) is 4.32. The van der Waals surface area contributed by atoms with Crippen molar-refractivity contribution in [1.82, 2.24) is 5.32 Å². The van der Waals surface area contributed by atoms with E-state index in [1.165, 1.54) is 0 Å². The number of ether oxygens (including phenoxy) is 1. The Morgan fingerprint density at radius 2 is 1.84 bits per heavy atom. The summed E-state index contributed by atoms with van der Waals surface area (Å²) in [5.74, 6) is 0.270. The fourth-order valence-electron chi connectivity index (χ4n) is 3.37. The smallest absolute Gasteiger partial charge is 0.264 e. The highest BCUT2D eigenvalue weighted by Crippen LogP contribution is 2.28. The summed E-state index contributed by atoms with van der Waals surface area (Å²) in [6, 6.07) is 22.4. The van der Waals surface area contributed by atoms with Crippen molar-refractivity contribution in [2.24, 2.45) is 0 Å². The summed E-state index contributed by atoms with van der Waals surface area (Å²) in [7, 11) is 0. The Kier molecular flexibility index (Phi) is 5.95. The molecular formula is C24H21N3O3S. The van der Waals surface area contributed by atoms with Crippen LogP contribution in [0.2, 0.25) is 0 Å². The highest BCUT2D eigenvalue weighted by atomic mass is 32.1. The van der Waals surface area contributed by atoms with E-state index in [0.717, 1.165) is 22.4 Å². The van der Waals surface area contributed by atoms with Gasteiger partial charge < -0.3 is 15.0 Å². The molecule has 6 nitrogen and oxygen atoms in total. The Morgan fingerprint density at radius 3 is 2.58 bits per heavy atom. The maximum absolute atomic E-state index is 12.6. The topological polar surface area (TPSA) is 70.7 Å². The van der Waals surface area contributed by atoms with Crippen LogP contribution in [0.3, 0.4) is 0 Å². The number of carbonyl (C=O) groups is 2. The average molecular weight is 432 g/mol. The molecule has 0 atom stereocenters. The molecule has 3 aromatic rings. The van der Waals surface area contributed by atoms with Crippen LogP contribution in [0.4, 0.5) is 11.4 Å². The zero-order chi connectivity index (χ0) is 21.8. The SMILES string of the molecule is Cc1cccc(OCC(=O)NC(=S)Nc2ccc(N3Cc4ccccc4C3=O)cc2)c1. The lowest BCUT2D eigenvalue weighted by molar-refractivity contribution is -0.121. The molecule has 156 valence electrons. The van der Waals surface area contributed by atoms with Crippen LogP contribution in [0.25, 0.3) is 0 Å². The number of fused-ring (bicyclic) bond motifs is 1. The summed E-state index contributed by atoms with van der Waals surface area (Å²) in [4.78, 5) is 26.4. The molecule has 2 amide bonds. The number of thiocarbonyl (C=S) groups is 1. The van der Waals surface area contributed by atoms with E-state index < -0.39 is 0 Å². The Bertz CT molecular complexity index is 1140. The molecule has 0 unspecified atom stereocenters. The van der Waals surface area contributed by atoms with E-state index in [4.69, 9.17) is 17.0 Å². The second-order valence-electron chi connectivity index (χ2n) is 7.20. The van der Waals surface area contributed by atoms with Gasteiger partial charge in [-0.15, -0.1) is 0 Å². The molecule has 4 rings (SSSR count). The van der Waals surface area contributed by atoms with Gasteiger partial charge in [-0.1, -0.05) is 30.3 Å². The molecule has 0 radical (unpaired) electrons. The van der Waals surface area contributed by atoms with Crippen molar-refractivity contribution in [1.29, 1.82) is 0 Å². The molecule has 31 heavy (non-hydrogen) atoms. The highest BCUT2D eigenvalue weighted by molar-refractivity contribution is 7.80. The number of hydrogen-bond acceptors (Lipinski definition) is 4. The van der Waals surface area contributed by atoms with Crippen molar-refractivity contribution in [3.8, 4) is 5.75 Å². The first-order chi connectivity index (χ1) is 15.0. The summed E-state index contributed by atoms with van der Waals surface area (Å²) in [6.45, 7) is 2.37. The van der Waals surface area contributed by atoms with Gasteiger partial charge in [-0.2, -0.15) is 0 Å². The van der Waals surface area contributed by atoms with Crippen molar-refractivity contribution in [3.05, 3.63) is 89.5 Å². The number of rotatable bonds is 5. The molecular weight excluding hydrogens is 410 g/mol. The number of anilines is 2. The molecule has 0 fully saturated rings. The Balaban J connectivity index is 1.29. The van der Waals surface area contributed by atoms with Crippen LogP contribution < -0.4 is 20.3 Å². The Hall–Kier alpha value is -3.71. The largest absolute Gasteiger partial charge is 0.484 e. The number of aryl methyl sites for hydroxylation is 1. The number of hydrogen-bond donors (Lipinski definition) is 2. The van der Waals surface area contributed by atoms with Gasteiger partial charge in [0.25, 0.3) is 11.8 Å². The summed E-state index contributed by atoms with van der Waals surface area (Å²) >= 11 is 5.21. The van der Waals surface area contributed by atoms with E-state index >= 15 is 0 Å². The number of benzene rings is 3. The lowest BCUT2D eigenvalue weighted by Gasteiger charge is -2.16. The van der Waals surface area contributed by atoms with E-state index in [9.17, 15) is 9.59 Å². The molecule has 0 bridgehead atoms. The maximum Gasteiger partial charge on any atom is 0.264 e. The van der Waals surface area contributed by atoms with Gasteiger partial charge in [0.05, 0.1) is 6.54 Å². The molecule has 0 aliphatic carbocycles. The quantitative estimate of drug-likeness (QED) is 0.597. The van der Waals surface area contributed by atoms with Gasteiger partial charge in [-0.25, -0.2) is 0 Å². The van der Waals surface area contributed by atoms with Gasteiger partial charge in [-0.3, -0.25) is 14.9 Å². The van der Waals surface area contributed by atoms with E-state index in [-0.39, 0.29) is 23.5 Å². The third-order valence-corrected chi connectivity index (χ3v) is 5.07. The number of amides is 2. The molecule has 3 aromatic carbocycles. The molecule has 0 saturated heterocycles. The Labute approximate surface area is 185 Å². The van der Waals surface area contributed by atoms with Crippen LogP contribution >= 0.6 is 12.2 Å². The minimum Gasteiger partial charge on any atom is -0.484 e. The minimum atomic E-state index is -0.351. The van der Waals surface area contributed by atoms with Gasteiger partial charge in [0, 0.05) is 16.9 Å². The summed E-state index contributed by atoms with van der Waals surface area (Å²) in [6.07, 6.45) is 0. The van der Waals surface area contributed by atoms with Gasteiger partial charge in [0.1, 0.15) is 5.75 Å². The lowest BCUT2D eigenvalue weighted by Crippen LogP contribution is -2.37. The lowest BCUT2D eigenvalue weighted by atomic mass is 10.1. The van der Waals surface area contributed by atoms with Crippen molar-refractivity contribution < 1.29 is 14.3 Å². The highest BCUT2D eigenvalue weighted by Gasteiger charge is 2.27. The second-order valence-corrected chi connectivity index (χ2v) is 7.61. The molecule has 0 aromatic heterocycles. The van der Waals surface area contributed by atoms with Crippen molar-refractivity contribution in [3.63, 3.8) is 0 Å². The first-order valence-electron chi connectivity index (χ1n) is 9.80. The zero-order valence-electron chi connectivity index (χ0n) is 16.9. The summed E-state index contributed by atoms with van der Waals surface area (Å²) in [5, 5.41) is 5.74. The van der Waals surface area contributed by atoms with Crippen molar-refractivity contribution in [2.45, 2.75) is 13.5 Å². The van der Waals surface area contributed by atoms with Crippen LogP contribution in [-0.2, 0) is 11.3 Å². The minimum absolute atomic E-state index is 0.00676. The van der Waals surface area contributed by atoms with Crippen LogP contribution in [0.1, 0.15) is 21.5 Å². The molecule has 0 saturated carbocycles. The van der Waals surface area contributed by atoms with Crippen molar-refractivity contribution in [2.75, 3.05) is 16.8 Å². The molecule has 0 spiro atoms. The number of nitrogens with one attached hydrogen (secondary N) is 2. The summed E-state index contributed by atoms with van der Waals surface area (Å²) < 4.78 is 5.47. The maximum atomic E-state index is 12.6. The van der Waals surface area contributed by atoms with Crippen LogP contribution in [0.5, 0.6) is 5.75 Å². The molecule has 7 heteroatoms. The standard InChI is InChI=1S/C24H21N3O3S/c1-16-5-4-7-20(13-16)30-15-22(28)26-24(31)25-18-9-11-19(12-10-18)27-14-17-6-2-3-8-21(17)23(27)29/h2-13H,14-15H2,1H3,(H2,25,26,28,31). The first kappa shape index (κ1) is 20.6. The van der Waals surface area contributed by atoms with E-state index in [0.29, 0.717) is 18.0 Å². The molecule has 1 aliphatic rings. The Morgan fingerprint density at radius 1 is 1.06 bits per heavy atom. The third kappa shape index (κ3) is 4.90. The predicted molar refractivity (Wildman–Crippen MR) is 124 cm³/mol. The fourth-order valence-corrected chi connectivity index (χ4v) is 3.60. The molecule has 2 N–H and O–H groups in total. The predicted octanol–water partition coefficient (Wildman–Crippen LogP) is 4.05. The van der Waals surface area contributed by atoms with E-state index in [1.807, 2.05) is 73.7 Å². The molecule has 1 aliphatic heterocycles. The monoisotopic (exact) mass is 431 g/mol. The van der Waals surface area contributed by atoms with Crippen molar-refractivity contribution >= 4 is 40.5 Å². The van der Waals surface area contributed by atoms with Gasteiger partial charge in [-0.05, 0) is 72.7 Å². The normalized spacial score (nSPS) is 12.3. The van der Waals surface area contributed by atoms with Crippen LogP contribution in [-0.4, -0.2) is 23.5 Å². The average Bonchev–Trinajstić information content (AvgIpc) is 3.10. The van der Waals surface area contributed by atoms with Crippen LogP contribution in [0, 0.1) is 6.92 Å². The third-order valence-electron chi connectivity index (χ3n) is 4.87. The fraction of sp³-hybridized carbons (Fsp3) is 0.125. The van der Waals surface area contributed by atoms with Gasteiger partial charge in [0.2, 0.25) is 0 Å². The van der Waals surface area contributed by atoms with Gasteiger partial charge >= 0.3 is 0 Å². The number of nitrogens with zero attached hydrogens (tertiary/aromatic N) is 1. The number of carbonyl (C=O) groups excluding carboxylic acids is 2. The van der Waals surface area contributed by atoms with E-state index in [1.54, 1.807) is 11.0 Å². The zero-order valence-corrected chi connectivity index (χ0v) is 17.7.